The molecule has 0 saturated heterocycles. The molecule has 0 saturated carbocycles. The number of azo groups is 1. The zero-order valence-electron chi connectivity index (χ0n) is 18.1. The Balaban J connectivity index is 1.05. The molecule has 3 aromatic heterocycles. The second kappa shape index (κ2) is 9.57. The van der Waals surface area contributed by atoms with Crippen LogP contribution in [-0.2, 0) is 16.0 Å². The van der Waals surface area contributed by atoms with Crippen molar-refractivity contribution in [2.45, 2.75) is 19.3 Å². The van der Waals surface area contributed by atoms with Crippen LogP contribution in [0.1, 0.15) is 18.7 Å². The molecule has 0 fully saturated rings. The normalized spacial score (nSPS) is 16.8. The highest BCUT2D eigenvalue weighted by atomic mass is 16.5. The van der Waals surface area contributed by atoms with Crippen LogP contribution in [0.2, 0.25) is 0 Å². The van der Waals surface area contributed by atoms with E-state index in [9.17, 15) is 9.59 Å². The van der Waals surface area contributed by atoms with Gasteiger partial charge < -0.3 is 15.2 Å². The van der Waals surface area contributed by atoms with E-state index in [0.29, 0.717) is 54.7 Å². The van der Waals surface area contributed by atoms with E-state index in [1.165, 1.54) is 0 Å². The standard InChI is InChI=1S/C22H21N9O3/c32-17(23-9-3-10-24-19-14-5-1-2-6-15(14)22(33)29-28-19)7-8-18-27-20(30-34-18)16-13-26-31-12-4-11-25-21(16)31/h1-2,4-6,11-13,15,24H,3,7-10H2,(H,23,32). The van der Waals surface area contributed by atoms with Crippen molar-refractivity contribution in [3.63, 3.8) is 0 Å². The largest absolute Gasteiger partial charge is 0.368 e. The van der Waals surface area contributed by atoms with Crippen molar-refractivity contribution in [3.05, 3.63) is 66.2 Å². The molecule has 3 aromatic rings. The van der Waals surface area contributed by atoms with Crippen molar-refractivity contribution in [2.24, 2.45) is 16.1 Å². The molecule has 1 unspecified atom stereocenters. The topological polar surface area (TPSA) is 152 Å². The molecule has 0 radical (unpaired) electrons. The number of hydrogen-bond acceptors (Lipinski definition) is 9. The molecule has 1 aliphatic carbocycles. The van der Waals surface area contributed by atoms with Crippen LogP contribution in [0, 0.1) is 5.92 Å². The molecular formula is C22H21N9O3. The molecule has 0 spiro atoms. The Hall–Kier alpha value is -4.48. The summed E-state index contributed by atoms with van der Waals surface area (Å²) in [4.78, 5) is 32.6. The number of hydrogen-bond donors (Lipinski definition) is 2. The van der Waals surface area contributed by atoms with Crippen LogP contribution >= 0.6 is 0 Å². The number of nitrogens with zero attached hydrogens (tertiary/aromatic N) is 7. The number of aromatic nitrogens is 5. The number of amides is 2. The molecule has 0 aromatic carbocycles. The van der Waals surface area contributed by atoms with Crippen LogP contribution in [0.3, 0.4) is 0 Å². The summed E-state index contributed by atoms with van der Waals surface area (Å²) in [7, 11) is 0. The first-order valence-electron chi connectivity index (χ1n) is 10.9. The molecule has 5 rings (SSSR count). The van der Waals surface area contributed by atoms with Gasteiger partial charge in [0.1, 0.15) is 0 Å². The summed E-state index contributed by atoms with van der Waals surface area (Å²) in [6.07, 6.45) is 13.7. The first-order valence-corrected chi connectivity index (χ1v) is 10.9. The minimum absolute atomic E-state index is 0.109. The van der Waals surface area contributed by atoms with Gasteiger partial charge in [0.2, 0.25) is 17.6 Å². The molecule has 2 aliphatic rings. The molecule has 12 heteroatoms. The highest BCUT2D eigenvalue weighted by Crippen LogP contribution is 2.27. The fraction of sp³-hybridized carbons (Fsp3) is 0.273. The van der Waals surface area contributed by atoms with Crippen molar-refractivity contribution in [1.82, 2.24) is 35.4 Å². The quantitative estimate of drug-likeness (QED) is 0.459. The Morgan fingerprint density at radius 3 is 3.09 bits per heavy atom. The van der Waals surface area contributed by atoms with Gasteiger partial charge in [-0.3, -0.25) is 9.59 Å². The molecule has 12 nitrogen and oxygen atoms in total. The van der Waals surface area contributed by atoms with E-state index < -0.39 is 0 Å². The third kappa shape index (κ3) is 4.51. The number of fused-ring (bicyclic) bond motifs is 2. The summed E-state index contributed by atoms with van der Waals surface area (Å²) in [5.41, 5.74) is 2.10. The van der Waals surface area contributed by atoms with Crippen LogP contribution in [0.4, 0.5) is 0 Å². The maximum absolute atomic E-state index is 12.2. The van der Waals surface area contributed by atoms with Gasteiger partial charge in [0, 0.05) is 43.9 Å². The fourth-order valence-corrected chi connectivity index (χ4v) is 3.62. The van der Waals surface area contributed by atoms with Gasteiger partial charge in [-0.2, -0.15) is 10.1 Å². The second-order valence-electron chi connectivity index (χ2n) is 7.65. The smallest absolute Gasteiger partial charge is 0.276 e. The molecule has 2 amide bonds. The first kappa shape index (κ1) is 21.4. The lowest BCUT2D eigenvalue weighted by molar-refractivity contribution is -0.121. The molecule has 1 atom stereocenters. The summed E-state index contributed by atoms with van der Waals surface area (Å²) < 4.78 is 6.90. The molecule has 172 valence electrons. The lowest BCUT2D eigenvalue weighted by Crippen LogP contribution is -2.28. The van der Waals surface area contributed by atoms with Crippen LogP contribution in [0.5, 0.6) is 0 Å². The van der Waals surface area contributed by atoms with Crippen LogP contribution in [0.15, 0.2) is 75.1 Å². The van der Waals surface area contributed by atoms with E-state index in [1.807, 2.05) is 18.2 Å². The molecule has 0 bridgehead atoms. The Bertz CT molecular complexity index is 1350. The van der Waals surface area contributed by atoms with E-state index in [2.05, 4.69) is 41.1 Å². The van der Waals surface area contributed by atoms with Crippen molar-refractivity contribution >= 4 is 17.5 Å². The average Bonchev–Trinajstić information content (AvgIpc) is 3.51. The maximum atomic E-state index is 12.2. The van der Waals surface area contributed by atoms with Gasteiger partial charge in [0.15, 0.2) is 11.5 Å². The summed E-state index contributed by atoms with van der Waals surface area (Å²) in [6.45, 7) is 1.07. The first-order chi connectivity index (χ1) is 16.7. The fourth-order valence-electron chi connectivity index (χ4n) is 3.62. The molecule has 1 aliphatic heterocycles. The average molecular weight is 459 g/mol. The predicted molar refractivity (Wildman–Crippen MR) is 119 cm³/mol. The zero-order chi connectivity index (χ0) is 23.3. The summed E-state index contributed by atoms with van der Waals surface area (Å²) >= 11 is 0. The van der Waals surface area contributed by atoms with Crippen molar-refractivity contribution in [1.29, 1.82) is 0 Å². The SMILES string of the molecule is O=C(CCc1nc(-c2cnn3cccnc23)no1)NCCCNC1=C2C=CC=CC2C(=O)N=N1. The minimum atomic E-state index is -0.376. The van der Waals surface area contributed by atoms with E-state index in [0.717, 1.165) is 5.57 Å². The predicted octanol–water partition coefficient (Wildman–Crippen LogP) is 1.75. The number of allylic oxidation sites excluding steroid dienone is 3. The summed E-state index contributed by atoms with van der Waals surface area (Å²) in [5.74, 6) is 0.596. The number of carbonyl (C=O) groups excluding carboxylic acids is 2. The maximum Gasteiger partial charge on any atom is 0.276 e. The Labute approximate surface area is 193 Å². The Morgan fingerprint density at radius 2 is 2.15 bits per heavy atom. The number of nitrogens with one attached hydrogen (secondary N) is 2. The summed E-state index contributed by atoms with van der Waals surface area (Å²) in [6, 6.07) is 1.78. The molecular weight excluding hydrogens is 438 g/mol. The minimum Gasteiger partial charge on any atom is -0.368 e. The van der Waals surface area contributed by atoms with Gasteiger partial charge in [0.25, 0.3) is 5.91 Å². The van der Waals surface area contributed by atoms with Gasteiger partial charge in [0.05, 0.1) is 17.7 Å². The molecule has 4 heterocycles. The van der Waals surface area contributed by atoms with E-state index >= 15 is 0 Å². The second-order valence-corrected chi connectivity index (χ2v) is 7.65. The van der Waals surface area contributed by atoms with Crippen molar-refractivity contribution < 1.29 is 14.1 Å². The van der Waals surface area contributed by atoms with Crippen LogP contribution in [-0.4, -0.2) is 49.6 Å². The third-order valence-electron chi connectivity index (χ3n) is 5.34. The zero-order valence-corrected chi connectivity index (χ0v) is 18.1. The Morgan fingerprint density at radius 1 is 1.21 bits per heavy atom. The van der Waals surface area contributed by atoms with E-state index in [4.69, 9.17) is 4.52 Å². The van der Waals surface area contributed by atoms with Gasteiger partial charge in [-0.25, -0.2) is 9.50 Å². The van der Waals surface area contributed by atoms with Gasteiger partial charge in [-0.15, -0.1) is 10.2 Å². The molecule has 2 N–H and O–H groups in total. The highest BCUT2D eigenvalue weighted by molar-refractivity contribution is 5.86. The van der Waals surface area contributed by atoms with E-state index in [1.54, 1.807) is 35.2 Å². The van der Waals surface area contributed by atoms with E-state index in [-0.39, 0.29) is 24.2 Å². The highest BCUT2D eigenvalue weighted by Gasteiger charge is 2.27. The van der Waals surface area contributed by atoms with Crippen molar-refractivity contribution in [2.75, 3.05) is 13.1 Å². The van der Waals surface area contributed by atoms with Crippen molar-refractivity contribution in [3.8, 4) is 11.4 Å². The summed E-state index contributed by atoms with van der Waals surface area (Å²) in [5, 5.41) is 21.9. The monoisotopic (exact) mass is 459 g/mol. The third-order valence-corrected chi connectivity index (χ3v) is 5.34. The van der Waals surface area contributed by atoms with Gasteiger partial charge in [-0.05, 0) is 12.5 Å². The number of carbonyl (C=O) groups is 2. The number of rotatable bonds is 9. The lowest BCUT2D eigenvalue weighted by atomic mass is 9.93. The lowest BCUT2D eigenvalue weighted by Gasteiger charge is -2.20. The van der Waals surface area contributed by atoms with Gasteiger partial charge in [-0.1, -0.05) is 29.5 Å². The van der Waals surface area contributed by atoms with Crippen LogP contribution < -0.4 is 10.6 Å². The molecule has 34 heavy (non-hydrogen) atoms. The van der Waals surface area contributed by atoms with Gasteiger partial charge >= 0.3 is 0 Å². The van der Waals surface area contributed by atoms with Crippen LogP contribution in [0.25, 0.3) is 17.0 Å². The Kier molecular flexibility index (Phi) is 6.01. The number of aryl methyl sites for hydroxylation is 1.